The summed E-state index contributed by atoms with van der Waals surface area (Å²) in [6, 6.07) is 12.6. The predicted molar refractivity (Wildman–Crippen MR) is 118 cm³/mol. The van der Waals surface area contributed by atoms with Gasteiger partial charge in [0, 0.05) is 11.9 Å². The van der Waals surface area contributed by atoms with Crippen molar-refractivity contribution in [2.45, 2.75) is 25.6 Å². The van der Waals surface area contributed by atoms with Gasteiger partial charge < -0.3 is 9.73 Å². The van der Waals surface area contributed by atoms with Crippen molar-refractivity contribution in [3.8, 4) is 0 Å². The number of piperidine rings is 1. The van der Waals surface area contributed by atoms with Crippen LogP contribution >= 0.6 is 0 Å². The third-order valence-corrected chi connectivity index (χ3v) is 5.96. The summed E-state index contributed by atoms with van der Waals surface area (Å²) in [6.07, 6.45) is -1.77. The molecule has 0 bridgehead atoms. The Hall–Kier alpha value is -3.46. The Bertz CT molecular complexity index is 1310. The lowest BCUT2D eigenvalue weighted by Gasteiger charge is -2.29. The summed E-state index contributed by atoms with van der Waals surface area (Å²) in [5.41, 5.74) is 0.570. The highest BCUT2D eigenvalue weighted by Gasteiger charge is 2.36. The molecule has 6 nitrogen and oxygen atoms in total. The van der Waals surface area contributed by atoms with Crippen LogP contribution in [-0.4, -0.2) is 29.0 Å². The Morgan fingerprint density at radius 3 is 2.70 bits per heavy atom. The van der Waals surface area contributed by atoms with E-state index in [0.717, 1.165) is 24.4 Å². The van der Waals surface area contributed by atoms with Crippen molar-refractivity contribution >= 4 is 33.8 Å². The number of hydrogen-bond acceptors (Lipinski definition) is 5. The van der Waals surface area contributed by atoms with E-state index in [9.17, 15) is 18.0 Å². The Kier molecular flexibility index (Phi) is 5.49. The highest BCUT2D eigenvalue weighted by atomic mass is 19.4. The molecule has 1 fully saturated rings. The molecule has 0 radical (unpaired) electrons. The van der Waals surface area contributed by atoms with E-state index in [0.29, 0.717) is 24.1 Å². The van der Waals surface area contributed by atoms with Crippen molar-refractivity contribution in [2.24, 2.45) is 5.92 Å². The smallest absolute Gasteiger partial charge is 0.416 e. The summed E-state index contributed by atoms with van der Waals surface area (Å²) < 4.78 is 47.1. The zero-order chi connectivity index (χ0) is 23.0. The van der Waals surface area contributed by atoms with Crippen LogP contribution < -0.4 is 10.2 Å². The number of para-hydroxylation sites is 1. The molecule has 33 heavy (non-hydrogen) atoms. The fraction of sp³-hybridized carbons (Fsp3) is 0.292. The highest BCUT2D eigenvalue weighted by molar-refractivity contribution is 6.08. The first kappa shape index (κ1) is 21.4. The Balaban J connectivity index is 1.65. The van der Waals surface area contributed by atoms with E-state index in [2.05, 4.69) is 15.3 Å². The molecule has 0 spiro atoms. The van der Waals surface area contributed by atoms with Gasteiger partial charge in [0.05, 0.1) is 18.0 Å². The number of nitrogens with zero attached hydrogens (tertiary/aromatic N) is 3. The molecule has 1 aliphatic rings. The molecule has 3 heterocycles. The minimum Gasteiger partial charge on any atom is -0.450 e. The molecule has 5 rings (SSSR count). The number of fused-ring (bicyclic) bond motifs is 3. The maximum atomic E-state index is 13.7. The van der Waals surface area contributed by atoms with Crippen LogP contribution in [0.2, 0.25) is 0 Å². The third kappa shape index (κ3) is 4.04. The lowest BCUT2D eigenvalue weighted by Crippen LogP contribution is -2.43. The Morgan fingerprint density at radius 1 is 1.12 bits per heavy atom. The van der Waals surface area contributed by atoms with Crippen LogP contribution in [0.25, 0.3) is 22.1 Å². The topological polar surface area (TPSA) is 71.3 Å². The molecule has 1 aliphatic heterocycles. The van der Waals surface area contributed by atoms with Crippen LogP contribution in [0.15, 0.2) is 59.3 Å². The standard InChI is InChI=1S/C24H21F3N4O2/c25-24(26,27)18-9-3-1-6-16(18)13-31(23(32)15-7-5-11-28-12-15)22-21-20(29-14-30-22)17-8-2-4-10-19(17)33-21/h1-4,6,8-10,14-15,28H,5,7,11-13H2. The number of benzene rings is 2. The van der Waals surface area contributed by atoms with Gasteiger partial charge in [-0.05, 0) is 43.1 Å². The molecular formula is C24H21F3N4O2. The number of nitrogens with one attached hydrogen (secondary N) is 1. The van der Waals surface area contributed by atoms with Crippen molar-refractivity contribution in [1.82, 2.24) is 15.3 Å². The van der Waals surface area contributed by atoms with E-state index in [1.807, 2.05) is 18.2 Å². The molecule has 1 atom stereocenters. The number of furan rings is 1. The van der Waals surface area contributed by atoms with Crippen LogP contribution in [-0.2, 0) is 17.5 Å². The van der Waals surface area contributed by atoms with Crippen LogP contribution in [0.3, 0.4) is 0 Å². The zero-order valence-corrected chi connectivity index (χ0v) is 17.6. The van der Waals surface area contributed by atoms with Crippen LogP contribution in [0.1, 0.15) is 24.0 Å². The molecule has 0 aliphatic carbocycles. The number of halogens is 3. The molecule has 1 amide bonds. The highest BCUT2D eigenvalue weighted by Crippen LogP contribution is 2.36. The van der Waals surface area contributed by atoms with Crippen molar-refractivity contribution in [2.75, 3.05) is 18.0 Å². The quantitative estimate of drug-likeness (QED) is 0.474. The van der Waals surface area contributed by atoms with Gasteiger partial charge in [-0.15, -0.1) is 0 Å². The summed E-state index contributed by atoms with van der Waals surface area (Å²) in [5.74, 6) is -0.491. The predicted octanol–water partition coefficient (Wildman–Crippen LogP) is 4.93. The van der Waals surface area contributed by atoms with Gasteiger partial charge in [0.1, 0.15) is 17.4 Å². The normalized spacial score (nSPS) is 16.9. The molecule has 1 unspecified atom stereocenters. The molecule has 1 N–H and O–H groups in total. The van der Waals surface area contributed by atoms with E-state index in [1.165, 1.54) is 29.4 Å². The molecule has 0 saturated carbocycles. The molecule has 2 aromatic heterocycles. The molecule has 1 saturated heterocycles. The van der Waals surface area contributed by atoms with Gasteiger partial charge in [-0.3, -0.25) is 9.69 Å². The third-order valence-electron chi connectivity index (χ3n) is 5.96. The zero-order valence-electron chi connectivity index (χ0n) is 17.6. The first-order chi connectivity index (χ1) is 15.9. The Labute approximate surface area is 187 Å². The monoisotopic (exact) mass is 454 g/mol. The van der Waals surface area contributed by atoms with Crippen molar-refractivity contribution in [3.63, 3.8) is 0 Å². The van der Waals surface area contributed by atoms with Crippen LogP contribution in [0.5, 0.6) is 0 Å². The average molecular weight is 454 g/mol. The number of carbonyl (C=O) groups excluding carboxylic acids is 1. The maximum absolute atomic E-state index is 13.7. The van der Waals surface area contributed by atoms with Crippen molar-refractivity contribution < 1.29 is 22.4 Å². The summed E-state index contributed by atoms with van der Waals surface area (Å²) in [5, 5.41) is 3.95. The van der Waals surface area contributed by atoms with Gasteiger partial charge in [0.15, 0.2) is 11.4 Å². The first-order valence-electron chi connectivity index (χ1n) is 10.7. The fourth-order valence-electron chi connectivity index (χ4n) is 4.35. The number of hydrogen-bond donors (Lipinski definition) is 1. The van der Waals surface area contributed by atoms with Crippen LogP contribution in [0.4, 0.5) is 19.0 Å². The molecule has 9 heteroatoms. The van der Waals surface area contributed by atoms with Gasteiger partial charge in [0.2, 0.25) is 5.91 Å². The van der Waals surface area contributed by atoms with E-state index in [1.54, 1.807) is 6.07 Å². The minimum atomic E-state index is -4.54. The molecule has 2 aromatic carbocycles. The second-order valence-corrected chi connectivity index (χ2v) is 8.10. The van der Waals surface area contributed by atoms with E-state index in [-0.39, 0.29) is 35.3 Å². The van der Waals surface area contributed by atoms with E-state index >= 15 is 0 Å². The van der Waals surface area contributed by atoms with Gasteiger partial charge in [-0.2, -0.15) is 13.2 Å². The van der Waals surface area contributed by atoms with E-state index in [4.69, 9.17) is 4.42 Å². The minimum absolute atomic E-state index is 0.00927. The molecular weight excluding hydrogens is 433 g/mol. The number of rotatable bonds is 4. The summed E-state index contributed by atoms with van der Waals surface area (Å²) in [4.78, 5) is 23.6. The summed E-state index contributed by atoms with van der Waals surface area (Å²) >= 11 is 0. The first-order valence-corrected chi connectivity index (χ1v) is 10.7. The number of anilines is 1. The van der Waals surface area contributed by atoms with E-state index < -0.39 is 11.7 Å². The number of alkyl halides is 3. The second kappa shape index (κ2) is 8.47. The SMILES string of the molecule is O=C(C1CCCNC1)N(Cc1ccccc1C(F)(F)F)c1ncnc2c1oc1ccccc12. The molecule has 170 valence electrons. The summed E-state index contributed by atoms with van der Waals surface area (Å²) in [7, 11) is 0. The number of aromatic nitrogens is 2. The fourth-order valence-corrected chi connectivity index (χ4v) is 4.35. The lowest BCUT2D eigenvalue weighted by atomic mass is 9.97. The second-order valence-electron chi connectivity index (χ2n) is 8.10. The largest absolute Gasteiger partial charge is 0.450 e. The van der Waals surface area contributed by atoms with Gasteiger partial charge in [-0.25, -0.2) is 9.97 Å². The van der Waals surface area contributed by atoms with Crippen molar-refractivity contribution in [3.05, 3.63) is 66.0 Å². The Morgan fingerprint density at radius 2 is 1.91 bits per heavy atom. The lowest BCUT2D eigenvalue weighted by molar-refractivity contribution is -0.138. The maximum Gasteiger partial charge on any atom is 0.416 e. The van der Waals surface area contributed by atoms with Gasteiger partial charge in [-0.1, -0.05) is 30.3 Å². The summed E-state index contributed by atoms with van der Waals surface area (Å²) in [6.45, 7) is 0.987. The average Bonchev–Trinajstić information content (AvgIpc) is 3.21. The van der Waals surface area contributed by atoms with Gasteiger partial charge in [0.25, 0.3) is 0 Å². The van der Waals surface area contributed by atoms with Gasteiger partial charge >= 0.3 is 6.18 Å². The number of amides is 1. The molecule has 4 aromatic rings. The van der Waals surface area contributed by atoms with Crippen LogP contribution in [0, 0.1) is 5.92 Å². The number of carbonyl (C=O) groups is 1. The van der Waals surface area contributed by atoms with Crippen molar-refractivity contribution in [1.29, 1.82) is 0 Å².